The number of nitrogens with two attached hydrogens (primary N) is 1. The highest BCUT2D eigenvalue weighted by Crippen LogP contribution is 2.44. The zero-order valence-electron chi connectivity index (χ0n) is 19.0. The highest BCUT2D eigenvalue weighted by atomic mass is 16.1. The van der Waals surface area contributed by atoms with Crippen LogP contribution in [-0.2, 0) is 17.6 Å². The molecule has 0 fully saturated rings. The molecule has 1 unspecified atom stereocenters. The molecule has 4 heteroatoms. The largest absolute Gasteiger partial charge is 0.404 e. The van der Waals surface area contributed by atoms with Crippen molar-refractivity contribution in [3.8, 4) is 0 Å². The van der Waals surface area contributed by atoms with E-state index in [0.717, 1.165) is 35.2 Å². The van der Waals surface area contributed by atoms with Crippen LogP contribution in [-0.4, -0.2) is 22.4 Å². The van der Waals surface area contributed by atoms with E-state index >= 15 is 0 Å². The Labute approximate surface area is 180 Å². The number of aryl methyl sites for hydroxylation is 1. The van der Waals surface area contributed by atoms with Gasteiger partial charge in [-0.2, -0.15) is 0 Å². The van der Waals surface area contributed by atoms with Gasteiger partial charge in [0, 0.05) is 46.6 Å². The summed E-state index contributed by atoms with van der Waals surface area (Å²) in [5, 5.41) is 8.16. The van der Waals surface area contributed by atoms with Crippen molar-refractivity contribution in [3.63, 3.8) is 0 Å². The summed E-state index contributed by atoms with van der Waals surface area (Å²) in [6, 6.07) is 4.65. The smallest absolute Gasteiger partial charge is 0.161 e. The second-order valence-corrected chi connectivity index (χ2v) is 9.37. The van der Waals surface area contributed by atoms with Crippen molar-refractivity contribution >= 4 is 22.8 Å². The summed E-state index contributed by atoms with van der Waals surface area (Å²) < 4.78 is 0. The topological polar surface area (TPSA) is 70.2 Å². The first kappa shape index (κ1) is 21.8. The second-order valence-electron chi connectivity index (χ2n) is 9.37. The first-order chi connectivity index (χ1) is 14.0. The second kappa shape index (κ2) is 7.75. The van der Waals surface area contributed by atoms with Gasteiger partial charge in [-0.05, 0) is 66.5 Å². The Balaban J connectivity index is 2.27. The van der Waals surface area contributed by atoms with E-state index in [4.69, 9.17) is 11.1 Å². The fourth-order valence-corrected chi connectivity index (χ4v) is 4.49. The number of rotatable bonds is 4. The number of hydrogen-bond acceptors (Lipinski definition) is 4. The molecule has 1 atom stereocenters. The number of benzene rings is 1. The minimum atomic E-state index is 0.00143. The molecule has 3 N–H and O–H groups in total. The van der Waals surface area contributed by atoms with Crippen LogP contribution in [0.4, 0.5) is 0 Å². The Hall–Kier alpha value is -2.88. The average molecular weight is 404 g/mol. The van der Waals surface area contributed by atoms with E-state index in [2.05, 4.69) is 51.3 Å². The molecule has 0 saturated carbocycles. The molecule has 0 radical (unpaired) electrons. The summed E-state index contributed by atoms with van der Waals surface area (Å²) in [6.45, 7) is 16.4. The molecule has 2 heterocycles. The Morgan fingerprint density at radius 3 is 2.50 bits per heavy atom. The molecule has 158 valence electrons. The van der Waals surface area contributed by atoms with Gasteiger partial charge < -0.3 is 16.0 Å². The number of nitrogens with zero attached hydrogens (tertiary/aromatic N) is 1. The van der Waals surface area contributed by atoms with Gasteiger partial charge in [0.2, 0.25) is 0 Å². The van der Waals surface area contributed by atoms with Gasteiger partial charge in [0.25, 0.3) is 0 Å². The van der Waals surface area contributed by atoms with Gasteiger partial charge in [-0.1, -0.05) is 40.3 Å². The number of Topliss-reactive ketones (excluding diaryl/α,β-unsaturated/α-hetero) is 1. The summed E-state index contributed by atoms with van der Waals surface area (Å²) in [6.07, 6.45) is 7.29. The van der Waals surface area contributed by atoms with Crippen molar-refractivity contribution in [1.29, 1.82) is 5.41 Å². The lowest BCUT2D eigenvalue weighted by Crippen LogP contribution is -2.45. The maximum absolute atomic E-state index is 12.2. The molecule has 0 spiro atoms. The summed E-state index contributed by atoms with van der Waals surface area (Å²) in [5.74, 6) is 0.0394. The molecule has 1 aromatic carbocycles. The van der Waals surface area contributed by atoms with Crippen LogP contribution in [0.15, 0.2) is 48.3 Å². The van der Waals surface area contributed by atoms with E-state index in [1.54, 1.807) is 20.0 Å². The summed E-state index contributed by atoms with van der Waals surface area (Å²) in [4.78, 5) is 14.5. The molecule has 2 aliphatic rings. The number of carbonyl (C=O) groups is 1. The lowest BCUT2D eigenvalue weighted by atomic mass is 9.75. The number of carbonyl (C=O) groups excluding carboxylic acids is 1. The lowest BCUT2D eigenvalue weighted by Gasteiger charge is -2.47. The standard InChI is InChI=1S/C26H33N3O/c1-8-18-10-21-19(11-20(18)22(13-27)16(3)28)12-25(26(5,6)7)29-14-23(17(4)30)15(2)9-24(21)29/h9-11,13-14,25,28H,2,8,12,27H2,1,3-7H3/b22-13+,28-16?. The Kier molecular flexibility index (Phi) is 5.64. The summed E-state index contributed by atoms with van der Waals surface area (Å²) >= 11 is 0. The Morgan fingerprint density at radius 2 is 2.00 bits per heavy atom. The zero-order chi connectivity index (χ0) is 22.4. The minimum absolute atomic E-state index is 0.00143. The van der Waals surface area contributed by atoms with Crippen molar-refractivity contribution in [2.75, 3.05) is 0 Å². The summed E-state index contributed by atoms with van der Waals surface area (Å²) in [7, 11) is 0. The van der Waals surface area contributed by atoms with Crippen LogP contribution in [0.1, 0.15) is 63.8 Å². The Morgan fingerprint density at radius 1 is 1.33 bits per heavy atom. The fourth-order valence-electron chi connectivity index (χ4n) is 4.49. The van der Waals surface area contributed by atoms with Crippen LogP contribution in [0, 0.1) is 10.8 Å². The first-order valence-electron chi connectivity index (χ1n) is 10.6. The lowest BCUT2D eigenvalue weighted by molar-refractivity contribution is -0.113. The highest BCUT2D eigenvalue weighted by molar-refractivity contribution is 6.21. The van der Waals surface area contributed by atoms with Crippen LogP contribution in [0.2, 0.25) is 0 Å². The summed E-state index contributed by atoms with van der Waals surface area (Å²) in [5.41, 5.74) is 14.3. The quantitative estimate of drug-likeness (QED) is 0.675. The van der Waals surface area contributed by atoms with Crippen LogP contribution in [0.3, 0.4) is 0 Å². The first-order valence-corrected chi connectivity index (χ1v) is 10.6. The number of nitrogens with one attached hydrogen (secondary N) is 1. The molecular formula is C26H33N3O. The van der Waals surface area contributed by atoms with Crippen LogP contribution < -0.4 is 5.73 Å². The zero-order valence-corrected chi connectivity index (χ0v) is 19.0. The molecule has 1 aromatic rings. The number of allylic oxidation sites excluding steroid dienone is 4. The SMILES string of the molecule is C=C1C=C2c3cc(CC)c(/C(=C/N)C(C)=N)cc3CC(C(C)(C)C)N2C=C1C(C)=O. The van der Waals surface area contributed by atoms with Crippen molar-refractivity contribution < 1.29 is 4.79 Å². The maximum Gasteiger partial charge on any atom is 0.161 e. The average Bonchev–Trinajstić information content (AvgIpc) is 2.65. The van der Waals surface area contributed by atoms with Crippen molar-refractivity contribution in [2.45, 2.75) is 60.4 Å². The monoisotopic (exact) mass is 403 g/mol. The predicted octanol–water partition coefficient (Wildman–Crippen LogP) is 5.24. The molecule has 0 aliphatic carbocycles. The number of fused-ring (bicyclic) bond motifs is 3. The molecule has 0 aromatic heterocycles. The molecule has 4 nitrogen and oxygen atoms in total. The molecule has 3 rings (SSSR count). The van der Waals surface area contributed by atoms with Crippen molar-refractivity contribution in [3.05, 3.63) is 70.6 Å². The van der Waals surface area contributed by atoms with Gasteiger partial charge in [0.05, 0.1) is 0 Å². The van der Waals surface area contributed by atoms with E-state index in [-0.39, 0.29) is 17.2 Å². The predicted molar refractivity (Wildman–Crippen MR) is 126 cm³/mol. The third-order valence-corrected chi connectivity index (χ3v) is 6.18. The number of ketones is 1. The number of hydrogen-bond donors (Lipinski definition) is 2. The van der Waals surface area contributed by atoms with Crippen LogP contribution >= 0.6 is 0 Å². The van der Waals surface area contributed by atoms with Crippen molar-refractivity contribution in [2.24, 2.45) is 11.1 Å². The molecule has 0 saturated heterocycles. The van der Waals surface area contributed by atoms with Gasteiger partial charge in [-0.25, -0.2) is 0 Å². The fraction of sp³-hybridized carbons (Fsp3) is 0.385. The minimum Gasteiger partial charge on any atom is -0.404 e. The van der Waals surface area contributed by atoms with Crippen LogP contribution in [0.5, 0.6) is 0 Å². The van der Waals surface area contributed by atoms with Crippen LogP contribution in [0.25, 0.3) is 11.3 Å². The molecule has 0 amide bonds. The van der Waals surface area contributed by atoms with Gasteiger partial charge >= 0.3 is 0 Å². The third kappa shape index (κ3) is 3.67. The normalized spacial score (nSPS) is 19.0. The maximum atomic E-state index is 12.2. The van der Waals surface area contributed by atoms with Gasteiger partial charge in [0.15, 0.2) is 5.78 Å². The Bertz CT molecular complexity index is 1030. The van der Waals surface area contributed by atoms with E-state index < -0.39 is 0 Å². The highest BCUT2D eigenvalue weighted by Gasteiger charge is 2.38. The molecule has 0 bridgehead atoms. The molecule has 30 heavy (non-hydrogen) atoms. The molecular weight excluding hydrogens is 370 g/mol. The third-order valence-electron chi connectivity index (χ3n) is 6.18. The molecule has 2 aliphatic heterocycles. The van der Waals surface area contributed by atoms with Gasteiger partial charge in [-0.15, -0.1) is 0 Å². The van der Waals surface area contributed by atoms with Gasteiger partial charge in [0.1, 0.15) is 0 Å². The van der Waals surface area contributed by atoms with E-state index in [9.17, 15) is 4.79 Å². The van der Waals surface area contributed by atoms with Crippen molar-refractivity contribution in [1.82, 2.24) is 4.90 Å². The van der Waals surface area contributed by atoms with E-state index in [0.29, 0.717) is 11.3 Å². The van der Waals surface area contributed by atoms with E-state index in [1.807, 2.05) is 12.3 Å². The van der Waals surface area contributed by atoms with Gasteiger partial charge in [-0.3, -0.25) is 4.79 Å². The van der Waals surface area contributed by atoms with E-state index in [1.165, 1.54) is 16.7 Å².